The molecule has 5 heteroatoms. The largest absolute Gasteiger partial charge is 0.468 e. The van der Waals surface area contributed by atoms with E-state index in [-0.39, 0.29) is 18.2 Å². The average Bonchev–Trinajstić information content (AvgIpc) is 3.16. The van der Waals surface area contributed by atoms with Gasteiger partial charge in [-0.2, -0.15) is 0 Å². The van der Waals surface area contributed by atoms with Crippen LogP contribution in [0.3, 0.4) is 0 Å². The van der Waals surface area contributed by atoms with Crippen LogP contribution in [-0.4, -0.2) is 18.2 Å². The van der Waals surface area contributed by atoms with Gasteiger partial charge in [0.25, 0.3) is 0 Å². The molecule has 0 spiro atoms. The zero-order valence-corrected chi connectivity index (χ0v) is 13.6. The van der Waals surface area contributed by atoms with Gasteiger partial charge >= 0.3 is 0 Å². The zero-order valence-electron chi connectivity index (χ0n) is 13.6. The van der Waals surface area contributed by atoms with Crippen LogP contribution in [0.4, 0.5) is 5.69 Å². The summed E-state index contributed by atoms with van der Waals surface area (Å²) >= 11 is 0. The van der Waals surface area contributed by atoms with E-state index in [0.717, 1.165) is 5.76 Å². The van der Waals surface area contributed by atoms with Crippen molar-refractivity contribution in [3.63, 3.8) is 0 Å². The van der Waals surface area contributed by atoms with Crippen molar-refractivity contribution < 1.29 is 14.0 Å². The molecule has 1 heterocycles. The van der Waals surface area contributed by atoms with Gasteiger partial charge in [-0.15, -0.1) is 0 Å². The average molecular weight is 334 g/mol. The van der Waals surface area contributed by atoms with Crippen molar-refractivity contribution in [1.29, 1.82) is 0 Å². The number of ketones is 1. The fourth-order valence-electron chi connectivity index (χ4n) is 2.38. The minimum absolute atomic E-state index is 0.0430. The molecule has 3 aromatic rings. The summed E-state index contributed by atoms with van der Waals surface area (Å²) in [6.45, 7) is 0.663. The highest BCUT2D eigenvalue weighted by Crippen LogP contribution is 2.13. The highest BCUT2D eigenvalue weighted by atomic mass is 16.3. The first kappa shape index (κ1) is 16.7. The number of benzene rings is 2. The van der Waals surface area contributed by atoms with Gasteiger partial charge in [0.15, 0.2) is 5.78 Å². The molecule has 5 nitrogen and oxygen atoms in total. The van der Waals surface area contributed by atoms with Gasteiger partial charge in [-0.1, -0.05) is 30.3 Å². The molecular formula is C20H18N2O3. The minimum atomic E-state index is -0.159. The van der Waals surface area contributed by atoms with Crippen LogP contribution in [0.15, 0.2) is 77.4 Å². The quantitative estimate of drug-likeness (QED) is 0.651. The van der Waals surface area contributed by atoms with E-state index in [2.05, 4.69) is 10.6 Å². The lowest BCUT2D eigenvalue weighted by Gasteiger charge is -2.07. The Morgan fingerprint density at radius 3 is 2.24 bits per heavy atom. The van der Waals surface area contributed by atoms with Crippen LogP contribution in [0.2, 0.25) is 0 Å². The van der Waals surface area contributed by atoms with E-state index in [1.165, 1.54) is 0 Å². The summed E-state index contributed by atoms with van der Waals surface area (Å²) in [5.74, 6) is 0.573. The van der Waals surface area contributed by atoms with Crippen LogP contribution in [0.1, 0.15) is 21.7 Å². The Labute approximate surface area is 145 Å². The second kappa shape index (κ2) is 8.08. The lowest BCUT2D eigenvalue weighted by atomic mass is 10.0. The second-order valence-corrected chi connectivity index (χ2v) is 5.50. The Morgan fingerprint density at radius 2 is 1.56 bits per heavy atom. The highest BCUT2D eigenvalue weighted by molar-refractivity contribution is 6.09. The first-order valence-electron chi connectivity index (χ1n) is 7.95. The fourth-order valence-corrected chi connectivity index (χ4v) is 2.38. The third kappa shape index (κ3) is 4.65. The third-order valence-electron chi connectivity index (χ3n) is 3.63. The van der Waals surface area contributed by atoms with Gasteiger partial charge in [-0.05, 0) is 36.4 Å². The molecule has 0 atom stereocenters. The molecule has 0 bridgehead atoms. The number of furan rings is 1. The van der Waals surface area contributed by atoms with Crippen molar-refractivity contribution in [2.75, 3.05) is 11.9 Å². The molecule has 126 valence electrons. The van der Waals surface area contributed by atoms with Gasteiger partial charge in [0.1, 0.15) is 5.76 Å². The summed E-state index contributed by atoms with van der Waals surface area (Å²) in [5.41, 5.74) is 1.87. The predicted octanol–water partition coefficient (Wildman–Crippen LogP) is 3.24. The van der Waals surface area contributed by atoms with Crippen molar-refractivity contribution in [1.82, 2.24) is 5.32 Å². The second-order valence-electron chi connectivity index (χ2n) is 5.50. The molecule has 0 unspecified atom stereocenters. The Kier molecular flexibility index (Phi) is 5.39. The van der Waals surface area contributed by atoms with E-state index < -0.39 is 0 Å². The lowest BCUT2D eigenvalue weighted by molar-refractivity contribution is -0.115. The summed E-state index contributed by atoms with van der Waals surface area (Å²) in [7, 11) is 0. The maximum atomic E-state index is 12.3. The van der Waals surface area contributed by atoms with Crippen molar-refractivity contribution >= 4 is 17.4 Å². The molecule has 0 fully saturated rings. The molecule has 0 aliphatic rings. The van der Waals surface area contributed by atoms with E-state index in [0.29, 0.717) is 23.4 Å². The molecule has 1 aromatic heterocycles. The van der Waals surface area contributed by atoms with Crippen molar-refractivity contribution in [2.45, 2.75) is 6.54 Å². The summed E-state index contributed by atoms with van der Waals surface area (Å²) < 4.78 is 5.18. The Morgan fingerprint density at radius 1 is 0.840 bits per heavy atom. The van der Waals surface area contributed by atoms with Crippen LogP contribution < -0.4 is 10.6 Å². The highest BCUT2D eigenvalue weighted by Gasteiger charge is 2.09. The fraction of sp³-hybridized carbons (Fsp3) is 0.100. The Hall–Kier alpha value is -3.18. The zero-order chi connectivity index (χ0) is 17.5. The Bertz CT molecular complexity index is 825. The predicted molar refractivity (Wildman–Crippen MR) is 95.4 cm³/mol. The molecule has 0 radical (unpaired) electrons. The van der Waals surface area contributed by atoms with Gasteiger partial charge in [-0.25, -0.2) is 0 Å². The number of carbonyl (C=O) groups is 2. The summed E-state index contributed by atoms with van der Waals surface area (Å²) in [4.78, 5) is 24.2. The molecule has 0 saturated heterocycles. The maximum absolute atomic E-state index is 12.3. The van der Waals surface area contributed by atoms with Crippen LogP contribution in [0.25, 0.3) is 0 Å². The monoisotopic (exact) mass is 334 g/mol. The van der Waals surface area contributed by atoms with Gasteiger partial charge in [-0.3, -0.25) is 9.59 Å². The van der Waals surface area contributed by atoms with Gasteiger partial charge in [0.2, 0.25) is 5.91 Å². The van der Waals surface area contributed by atoms with Crippen LogP contribution in [0, 0.1) is 0 Å². The van der Waals surface area contributed by atoms with E-state index in [1.807, 2.05) is 24.3 Å². The van der Waals surface area contributed by atoms with Gasteiger partial charge in [0.05, 0.1) is 19.4 Å². The molecule has 2 aromatic carbocycles. The van der Waals surface area contributed by atoms with Gasteiger partial charge in [0, 0.05) is 16.8 Å². The van der Waals surface area contributed by atoms with Gasteiger partial charge < -0.3 is 15.1 Å². The minimum Gasteiger partial charge on any atom is -0.468 e. The van der Waals surface area contributed by atoms with E-state index in [4.69, 9.17) is 4.42 Å². The van der Waals surface area contributed by atoms with E-state index in [1.54, 1.807) is 48.7 Å². The van der Waals surface area contributed by atoms with E-state index >= 15 is 0 Å². The maximum Gasteiger partial charge on any atom is 0.238 e. The Balaban J connectivity index is 1.52. The van der Waals surface area contributed by atoms with Crippen molar-refractivity contribution in [3.8, 4) is 0 Å². The number of hydrogen-bond donors (Lipinski definition) is 2. The summed E-state index contributed by atoms with van der Waals surface area (Å²) in [5, 5.41) is 5.78. The number of hydrogen-bond acceptors (Lipinski definition) is 4. The van der Waals surface area contributed by atoms with Crippen LogP contribution >= 0.6 is 0 Å². The lowest BCUT2D eigenvalue weighted by Crippen LogP contribution is -2.27. The smallest absolute Gasteiger partial charge is 0.238 e. The molecule has 3 rings (SSSR count). The number of rotatable bonds is 7. The van der Waals surface area contributed by atoms with Crippen LogP contribution in [-0.2, 0) is 11.3 Å². The summed E-state index contributed by atoms with van der Waals surface area (Å²) in [6.07, 6.45) is 1.59. The number of amides is 1. The first-order chi connectivity index (χ1) is 12.2. The third-order valence-corrected chi connectivity index (χ3v) is 3.63. The molecular weight excluding hydrogens is 316 g/mol. The molecule has 0 saturated carbocycles. The number of nitrogens with one attached hydrogen (secondary N) is 2. The molecule has 2 N–H and O–H groups in total. The topological polar surface area (TPSA) is 71.3 Å². The molecule has 1 amide bonds. The molecule has 25 heavy (non-hydrogen) atoms. The normalized spacial score (nSPS) is 10.4. The van der Waals surface area contributed by atoms with Crippen molar-refractivity contribution in [2.24, 2.45) is 0 Å². The molecule has 0 aliphatic heterocycles. The number of carbonyl (C=O) groups excluding carboxylic acids is 2. The van der Waals surface area contributed by atoms with Crippen LogP contribution in [0.5, 0.6) is 0 Å². The van der Waals surface area contributed by atoms with Crippen molar-refractivity contribution in [3.05, 3.63) is 89.9 Å². The van der Waals surface area contributed by atoms with E-state index in [9.17, 15) is 9.59 Å². The standard InChI is InChI=1S/C20H18N2O3/c23-19(14-21-13-18-7-4-12-25-18)22-17-10-8-16(9-11-17)20(24)15-5-2-1-3-6-15/h1-12,21H,13-14H2,(H,22,23). The molecule has 0 aliphatic carbocycles. The first-order valence-corrected chi connectivity index (χ1v) is 7.95. The SMILES string of the molecule is O=C(CNCc1ccco1)Nc1ccc(C(=O)c2ccccc2)cc1. The summed E-state index contributed by atoms with van der Waals surface area (Å²) in [6, 6.07) is 19.6. The number of anilines is 1.